The van der Waals surface area contributed by atoms with Gasteiger partial charge in [-0.15, -0.1) is 11.3 Å². The molecule has 0 unspecified atom stereocenters. The van der Waals surface area contributed by atoms with Crippen LogP contribution in [-0.2, 0) is 10.0 Å². The highest BCUT2D eigenvalue weighted by molar-refractivity contribution is 7.91. The van der Waals surface area contributed by atoms with Crippen molar-refractivity contribution in [3.05, 3.63) is 47.3 Å². The van der Waals surface area contributed by atoms with Crippen molar-refractivity contribution in [3.8, 4) is 0 Å². The van der Waals surface area contributed by atoms with Gasteiger partial charge in [0.15, 0.2) is 0 Å². The molecule has 1 saturated heterocycles. The Morgan fingerprint density at radius 3 is 2.54 bits per heavy atom. The van der Waals surface area contributed by atoms with E-state index in [4.69, 9.17) is 0 Å². The van der Waals surface area contributed by atoms with Gasteiger partial charge in [0.2, 0.25) is 10.0 Å². The Morgan fingerprint density at radius 1 is 1.19 bits per heavy atom. The summed E-state index contributed by atoms with van der Waals surface area (Å²) < 4.78 is 27.7. The van der Waals surface area contributed by atoms with Crippen molar-refractivity contribution in [1.29, 1.82) is 0 Å². The molecule has 3 rings (SSSR count). The number of benzene rings is 1. The molecule has 8 heteroatoms. The zero-order chi connectivity index (χ0) is 18.7. The summed E-state index contributed by atoms with van der Waals surface area (Å²) in [5, 5.41) is 1.75. The molecule has 1 fully saturated rings. The molecule has 6 nitrogen and oxygen atoms in total. The monoisotopic (exact) mass is 393 g/mol. The first kappa shape index (κ1) is 18.9. The van der Waals surface area contributed by atoms with Gasteiger partial charge < -0.3 is 9.80 Å². The van der Waals surface area contributed by atoms with Crippen LogP contribution in [0.2, 0.25) is 0 Å². The third kappa shape index (κ3) is 4.25. The van der Waals surface area contributed by atoms with Crippen molar-refractivity contribution in [2.75, 3.05) is 32.1 Å². The van der Waals surface area contributed by atoms with Gasteiger partial charge in [0.1, 0.15) is 4.21 Å². The Hall–Kier alpha value is -1.90. The molecule has 0 spiro atoms. The molecular formula is C18H23N3O3S2. The third-order valence-corrected chi connectivity index (χ3v) is 7.39. The second-order valence-corrected chi connectivity index (χ2v) is 9.45. The lowest BCUT2D eigenvalue weighted by Crippen LogP contribution is -2.46. The van der Waals surface area contributed by atoms with Crippen LogP contribution in [0.1, 0.15) is 23.2 Å². The normalized spacial score (nSPS) is 15.8. The van der Waals surface area contributed by atoms with Gasteiger partial charge in [0, 0.05) is 44.5 Å². The van der Waals surface area contributed by atoms with Crippen LogP contribution in [0.25, 0.3) is 0 Å². The predicted octanol–water partition coefficient (Wildman–Crippen LogP) is 2.40. The summed E-state index contributed by atoms with van der Waals surface area (Å²) in [5.41, 5.74) is 1.64. The van der Waals surface area contributed by atoms with Crippen LogP contribution in [-0.4, -0.2) is 52.5 Å². The summed E-state index contributed by atoms with van der Waals surface area (Å²) in [6.07, 6.45) is 1.23. The molecule has 0 radical (unpaired) electrons. The van der Waals surface area contributed by atoms with Crippen molar-refractivity contribution in [2.24, 2.45) is 0 Å². The summed E-state index contributed by atoms with van der Waals surface area (Å²) in [6.45, 7) is 1.09. The standard InChI is InChI=1S/C18H23N3O3S2/c1-20(2)16-6-3-5-14(13-16)18(22)21-10-8-15(9-11-21)19-26(23,24)17-7-4-12-25-17/h3-7,12-13,15,19H,8-11H2,1-2H3. The van der Waals surface area contributed by atoms with E-state index >= 15 is 0 Å². The van der Waals surface area contributed by atoms with Gasteiger partial charge in [0.25, 0.3) is 5.91 Å². The quantitative estimate of drug-likeness (QED) is 0.847. The first-order valence-electron chi connectivity index (χ1n) is 8.49. The number of rotatable bonds is 5. The molecule has 2 aromatic rings. The summed E-state index contributed by atoms with van der Waals surface area (Å²) >= 11 is 1.21. The maximum absolute atomic E-state index is 12.7. The number of piperidine rings is 1. The highest BCUT2D eigenvalue weighted by Gasteiger charge is 2.27. The average Bonchev–Trinajstić information content (AvgIpc) is 3.17. The van der Waals surface area contributed by atoms with Crippen molar-refractivity contribution < 1.29 is 13.2 Å². The molecule has 1 amide bonds. The fraction of sp³-hybridized carbons (Fsp3) is 0.389. The number of likely N-dealkylation sites (tertiary alicyclic amines) is 1. The van der Waals surface area contributed by atoms with E-state index in [0.29, 0.717) is 35.7 Å². The van der Waals surface area contributed by atoms with E-state index in [1.165, 1.54) is 11.3 Å². The third-order valence-electron chi connectivity index (χ3n) is 4.47. The number of carbonyl (C=O) groups excluding carboxylic acids is 1. The van der Waals surface area contributed by atoms with Gasteiger partial charge >= 0.3 is 0 Å². The molecular weight excluding hydrogens is 370 g/mol. The lowest BCUT2D eigenvalue weighted by Gasteiger charge is -2.32. The molecule has 1 aromatic carbocycles. The molecule has 1 aliphatic rings. The summed E-state index contributed by atoms with van der Waals surface area (Å²) in [6, 6.07) is 10.7. The van der Waals surface area contributed by atoms with E-state index in [-0.39, 0.29) is 11.9 Å². The lowest BCUT2D eigenvalue weighted by molar-refractivity contribution is 0.0711. The van der Waals surface area contributed by atoms with Crippen molar-refractivity contribution >= 4 is 33.0 Å². The lowest BCUT2D eigenvalue weighted by atomic mass is 10.0. The highest BCUT2D eigenvalue weighted by atomic mass is 32.2. The Kier molecular flexibility index (Phi) is 5.64. The second kappa shape index (κ2) is 7.77. The number of anilines is 1. The van der Waals surface area contributed by atoms with Crippen LogP contribution in [0.4, 0.5) is 5.69 Å². The molecule has 0 saturated carbocycles. The van der Waals surface area contributed by atoms with E-state index in [9.17, 15) is 13.2 Å². The smallest absolute Gasteiger partial charge is 0.253 e. The number of hydrogen-bond donors (Lipinski definition) is 1. The number of nitrogens with one attached hydrogen (secondary N) is 1. The van der Waals surface area contributed by atoms with Gasteiger partial charge in [-0.1, -0.05) is 12.1 Å². The van der Waals surface area contributed by atoms with Crippen LogP contribution >= 0.6 is 11.3 Å². The first-order valence-corrected chi connectivity index (χ1v) is 10.9. The number of carbonyl (C=O) groups is 1. The Labute approximate surface area is 158 Å². The number of sulfonamides is 1. The molecule has 1 aliphatic heterocycles. The number of amides is 1. The Balaban J connectivity index is 1.60. The highest BCUT2D eigenvalue weighted by Crippen LogP contribution is 2.21. The molecule has 0 bridgehead atoms. The number of nitrogens with zero attached hydrogens (tertiary/aromatic N) is 2. The molecule has 26 heavy (non-hydrogen) atoms. The SMILES string of the molecule is CN(C)c1cccc(C(=O)N2CCC(NS(=O)(=O)c3cccs3)CC2)c1. The minimum absolute atomic E-state index is 0.00624. The minimum Gasteiger partial charge on any atom is -0.378 e. The van der Waals surface area contributed by atoms with Gasteiger partial charge in [-0.2, -0.15) is 0 Å². The molecule has 1 N–H and O–H groups in total. The predicted molar refractivity (Wildman–Crippen MR) is 104 cm³/mol. The summed E-state index contributed by atoms with van der Waals surface area (Å²) in [4.78, 5) is 16.5. The van der Waals surface area contributed by atoms with Crippen molar-refractivity contribution in [1.82, 2.24) is 9.62 Å². The first-order chi connectivity index (χ1) is 12.4. The van der Waals surface area contributed by atoms with E-state index in [2.05, 4.69) is 4.72 Å². The van der Waals surface area contributed by atoms with Crippen LogP contribution in [0.5, 0.6) is 0 Å². The number of thiophene rings is 1. The van der Waals surface area contributed by atoms with Gasteiger partial charge in [-0.25, -0.2) is 13.1 Å². The average molecular weight is 394 g/mol. The molecule has 140 valence electrons. The number of hydrogen-bond acceptors (Lipinski definition) is 5. The fourth-order valence-electron chi connectivity index (χ4n) is 2.99. The topological polar surface area (TPSA) is 69.7 Å². The van der Waals surface area contributed by atoms with Crippen molar-refractivity contribution in [3.63, 3.8) is 0 Å². The van der Waals surface area contributed by atoms with Gasteiger partial charge in [-0.3, -0.25) is 4.79 Å². The van der Waals surface area contributed by atoms with E-state index in [1.807, 2.05) is 43.3 Å². The van der Waals surface area contributed by atoms with Gasteiger partial charge in [-0.05, 0) is 42.5 Å². The van der Waals surface area contributed by atoms with Crippen molar-refractivity contribution in [2.45, 2.75) is 23.1 Å². The van der Waals surface area contributed by atoms with Crippen LogP contribution in [0.3, 0.4) is 0 Å². The maximum Gasteiger partial charge on any atom is 0.253 e. The molecule has 0 aliphatic carbocycles. The zero-order valence-electron chi connectivity index (χ0n) is 14.9. The molecule has 2 heterocycles. The molecule has 1 aromatic heterocycles. The maximum atomic E-state index is 12.7. The molecule has 0 atom stereocenters. The van der Waals surface area contributed by atoms with Gasteiger partial charge in [0.05, 0.1) is 0 Å². The van der Waals surface area contributed by atoms with Crippen LogP contribution in [0.15, 0.2) is 46.0 Å². The minimum atomic E-state index is -3.46. The van der Waals surface area contributed by atoms with E-state index < -0.39 is 10.0 Å². The van der Waals surface area contributed by atoms with Crippen LogP contribution in [0, 0.1) is 0 Å². The Morgan fingerprint density at radius 2 is 1.92 bits per heavy atom. The Bertz CT molecular complexity index is 856. The second-order valence-electron chi connectivity index (χ2n) is 6.56. The zero-order valence-corrected chi connectivity index (χ0v) is 16.5. The van der Waals surface area contributed by atoms with E-state index in [1.54, 1.807) is 22.4 Å². The summed E-state index contributed by atoms with van der Waals surface area (Å²) in [5.74, 6) is -0.00624. The largest absolute Gasteiger partial charge is 0.378 e. The van der Waals surface area contributed by atoms with E-state index in [0.717, 1.165) is 5.69 Å². The summed E-state index contributed by atoms with van der Waals surface area (Å²) in [7, 11) is 0.416. The fourth-order valence-corrected chi connectivity index (χ4v) is 5.31. The van der Waals surface area contributed by atoms with Crippen LogP contribution < -0.4 is 9.62 Å².